The third-order valence-electron chi connectivity index (χ3n) is 3.17. The predicted molar refractivity (Wildman–Crippen MR) is 69.6 cm³/mol. The van der Waals surface area contributed by atoms with Gasteiger partial charge in [0, 0.05) is 19.6 Å². The Labute approximate surface area is 113 Å². The van der Waals surface area contributed by atoms with Gasteiger partial charge >= 0.3 is 0 Å². The number of thiol groups is 1. The normalized spacial score (nSPS) is 20.9. The van der Waals surface area contributed by atoms with Crippen molar-refractivity contribution in [1.29, 1.82) is 0 Å². The second-order valence-electron chi connectivity index (χ2n) is 4.72. The summed E-state index contributed by atoms with van der Waals surface area (Å²) in [5.41, 5.74) is 2.78. The van der Waals surface area contributed by atoms with Crippen LogP contribution in [0.15, 0.2) is 6.20 Å². The predicted octanol–water partition coefficient (Wildman–Crippen LogP) is -0.509. The van der Waals surface area contributed by atoms with Gasteiger partial charge in [0.2, 0.25) is 16.8 Å². The first-order chi connectivity index (χ1) is 8.99. The lowest BCUT2D eigenvalue weighted by Gasteiger charge is -2.32. The van der Waals surface area contributed by atoms with Crippen molar-refractivity contribution in [1.82, 2.24) is 20.1 Å². The monoisotopic (exact) mass is 291 g/mol. The molecule has 0 amide bonds. The highest BCUT2D eigenvalue weighted by Gasteiger charge is 2.24. The van der Waals surface area contributed by atoms with Gasteiger partial charge in [-0.2, -0.15) is 13.9 Å². The molecule has 7 nitrogen and oxygen atoms in total. The summed E-state index contributed by atoms with van der Waals surface area (Å²) in [6, 6.07) is -0.0220. The van der Waals surface area contributed by atoms with E-state index in [-0.39, 0.29) is 11.7 Å². The van der Waals surface area contributed by atoms with Crippen molar-refractivity contribution in [3.63, 3.8) is 0 Å². The van der Waals surface area contributed by atoms with Crippen LogP contribution in [0.25, 0.3) is 0 Å². The van der Waals surface area contributed by atoms with Crippen molar-refractivity contribution in [3.05, 3.63) is 12.1 Å². The molecule has 2 rings (SSSR count). The van der Waals surface area contributed by atoms with Gasteiger partial charge in [-0.1, -0.05) is 0 Å². The lowest BCUT2D eigenvalue weighted by atomic mass is 10.1. The minimum absolute atomic E-state index is 0.0220. The maximum absolute atomic E-state index is 13.7. The molecule has 9 heteroatoms. The van der Waals surface area contributed by atoms with Gasteiger partial charge in [0.05, 0.1) is 6.20 Å². The Kier molecular flexibility index (Phi) is 4.38. The molecule has 1 fully saturated rings. The van der Waals surface area contributed by atoms with E-state index in [0.29, 0.717) is 0 Å². The highest BCUT2D eigenvalue weighted by atomic mass is 32.2. The first kappa shape index (κ1) is 14.2. The lowest BCUT2D eigenvalue weighted by Crippen LogP contribution is -2.51. The molecule has 1 atom stereocenters. The van der Waals surface area contributed by atoms with E-state index in [1.54, 1.807) is 0 Å². The first-order valence-electron chi connectivity index (χ1n) is 6.05. The topological polar surface area (TPSA) is 70.5 Å². The van der Waals surface area contributed by atoms with Gasteiger partial charge in [-0.05, 0) is 26.4 Å². The summed E-state index contributed by atoms with van der Waals surface area (Å²) in [6.07, 6.45) is 3.03. The quantitative estimate of drug-likeness (QED) is 0.578. The van der Waals surface area contributed by atoms with Crippen LogP contribution in [0, 0.1) is 5.95 Å². The highest BCUT2D eigenvalue weighted by Crippen LogP contribution is 2.18. The van der Waals surface area contributed by atoms with E-state index in [4.69, 9.17) is 0 Å². The van der Waals surface area contributed by atoms with Gasteiger partial charge in [-0.25, -0.2) is 18.5 Å². The van der Waals surface area contributed by atoms with Crippen LogP contribution in [0.1, 0.15) is 12.8 Å². The number of halogens is 1. The van der Waals surface area contributed by atoms with Gasteiger partial charge in [-0.3, -0.25) is 0 Å². The molecular weight excluding hydrogens is 273 g/mol. The Balaban J connectivity index is 2.15. The fourth-order valence-electron chi connectivity index (χ4n) is 2.20. The molecule has 1 aromatic heterocycles. The molecule has 2 heterocycles. The minimum atomic E-state index is -2.97. The Bertz CT molecular complexity index is 510. The number of hydrogen-bond acceptors (Lipinski definition) is 5. The largest absolute Gasteiger partial charge is 0.305 e. The van der Waals surface area contributed by atoms with E-state index in [1.807, 2.05) is 7.05 Å². The summed E-state index contributed by atoms with van der Waals surface area (Å²) in [5.74, 6) is -0.684. The average molecular weight is 291 g/mol. The van der Waals surface area contributed by atoms with Gasteiger partial charge in [0.1, 0.15) is 5.69 Å². The van der Waals surface area contributed by atoms with Crippen LogP contribution < -0.4 is 9.84 Å². The average Bonchev–Trinajstić information content (AvgIpc) is 2.67. The third kappa shape index (κ3) is 3.23. The lowest BCUT2D eigenvalue weighted by molar-refractivity contribution is 0.229. The van der Waals surface area contributed by atoms with Crippen LogP contribution in [0.5, 0.6) is 0 Å². The van der Waals surface area contributed by atoms with E-state index < -0.39 is 16.8 Å². The van der Waals surface area contributed by atoms with Gasteiger partial charge < -0.3 is 4.90 Å². The summed E-state index contributed by atoms with van der Waals surface area (Å²) in [7, 11) is 0.420. The molecule has 1 aromatic rings. The molecule has 0 saturated carbocycles. The number of aromatic nitrogens is 2. The van der Waals surface area contributed by atoms with E-state index >= 15 is 0 Å². The zero-order valence-electron chi connectivity index (χ0n) is 10.9. The Morgan fingerprint density at radius 3 is 2.79 bits per heavy atom. The Morgan fingerprint density at radius 1 is 1.53 bits per heavy atom. The van der Waals surface area contributed by atoms with Gasteiger partial charge in [0.25, 0.3) is 0 Å². The zero-order chi connectivity index (χ0) is 14.0. The first-order valence-corrected chi connectivity index (χ1v) is 7.18. The number of hydrazine groups is 1. The van der Waals surface area contributed by atoms with Crippen molar-refractivity contribution >= 4 is 16.6 Å². The molecule has 1 N–H and O–H groups in total. The Hall–Kier alpha value is -1.19. The molecule has 1 aliphatic heterocycles. The van der Waals surface area contributed by atoms with Crippen LogP contribution in [-0.4, -0.2) is 49.3 Å². The van der Waals surface area contributed by atoms with Crippen LogP contribution in [0.3, 0.4) is 0 Å². The SMILES string of the molecule is CN1CCCC(NN(c2cnn(C)c2F)[SH](=O)=O)C1. The maximum atomic E-state index is 13.7. The second kappa shape index (κ2) is 5.85. The molecule has 0 aliphatic carbocycles. The molecule has 19 heavy (non-hydrogen) atoms. The van der Waals surface area contributed by atoms with Crippen molar-refractivity contribution < 1.29 is 12.8 Å². The number of nitrogens with one attached hydrogen (secondary N) is 1. The summed E-state index contributed by atoms with van der Waals surface area (Å²) in [6.45, 7) is 1.71. The van der Waals surface area contributed by atoms with Crippen molar-refractivity contribution in [2.24, 2.45) is 7.05 Å². The van der Waals surface area contributed by atoms with Gasteiger partial charge in [0.15, 0.2) is 0 Å². The van der Waals surface area contributed by atoms with E-state index in [2.05, 4.69) is 15.4 Å². The molecular formula is C10H18FN5O2S. The highest BCUT2D eigenvalue weighted by molar-refractivity contribution is 7.73. The summed E-state index contributed by atoms with van der Waals surface area (Å²) >= 11 is 0. The molecule has 1 saturated heterocycles. The number of likely N-dealkylation sites (tertiary alicyclic amines) is 1. The van der Waals surface area contributed by atoms with Crippen LogP contribution >= 0.6 is 0 Å². The van der Waals surface area contributed by atoms with E-state index in [9.17, 15) is 12.8 Å². The number of anilines is 1. The third-order valence-corrected chi connectivity index (χ3v) is 3.83. The van der Waals surface area contributed by atoms with E-state index in [1.165, 1.54) is 13.2 Å². The number of hydrogen-bond donors (Lipinski definition) is 2. The zero-order valence-corrected chi connectivity index (χ0v) is 11.8. The molecule has 0 bridgehead atoms. The van der Waals surface area contributed by atoms with Crippen molar-refractivity contribution in [2.45, 2.75) is 18.9 Å². The molecule has 1 unspecified atom stereocenters. The number of rotatable bonds is 4. The smallest absolute Gasteiger partial charge is 0.238 e. The van der Waals surface area contributed by atoms with E-state index in [0.717, 1.165) is 35.0 Å². The molecule has 1 aliphatic rings. The Morgan fingerprint density at radius 2 is 2.26 bits per heavy atom. The van der Waals surface area contributed by atoms with Crippen molar-refractivity contribution in [2.75, 3.05) is 24.6 Å². The van der Waals surface area contributed by atoms with Crippen LogP contribution in [-0.2, 0) is 17.9 Å². The second-order valence-corrected chi connectivity index (χ2v) is 5.60. The maximum Gasteiger partial charge on any atom is 0.238 e. The fourth-order valence-corrected chi connectivity index (χ4v) is 2.77. The number of piperidine rings is 1. The van der Waals surface area contributed by atoms with Crippen molar-refractivity contribution in [3.8, 4) is 0 Å². The number of likely N-dealkylation sites (N-methyl/N-ethyl adjacent to an activating group) is 1. The number of nitrogens with zero attached hydrogens (tertiary/aromatic N) is 4. The minimum Gasteiger partial charge on any atom is -0.305 e. The molecule has 0 radical (unpaired) electrons. The molecule has 0 spiro atoms. The summed E-state index contributed by atoms with van der Waals surface area (Å²) in [4.78, 5) is 2.11. The summed E-state index contributed by atoms with van der Waals surface area (Å²) < 4.78 is 38.2. The molecule has 108 valence electrons. The van der Waals surface area contributed by atoms with Crippen LogP contribution in [0.4, 0.5) is 10.1 Å². The standard InChI is InChI=1S/C10H18FN5O2S/c1-14-5-3-4-8(7-14)13-16(19(17)18)9-6-12-15(2)10(9)11/h6,8,13,19H,3-5,7H2,1-2H3. The molecule has 0 aromatic carbocycles. The number of aryl methyl sites for hydroxylation is 1. The summed E-state index contributed by atoms with van der Waals surface area (Å²) in [5, 5.41) is 3.71. The van der Waals surface area contributed by atoms with Crippen LogP contribution in [0.2, 0.25) is 0 Å². The van der Waals surface area contributed by atoms with Gasteiger partial charge in [-0.15, -0.1) is 0 Å². The fraction of sp³-hybridized carbons (Fsp3) is 0.700.